The summed E-state index contributed by atoms with van der Waals surface area (Å²) in [4.78, 5) is 0.248. The van der Waals surface area contributed by atoms with Crippen LogP contribution in [0.4, 0.5) is 0 Å². The maximum Gasteiger partial charge on any atom is 0.240 e. The molecule has 0 aliphatic carbocycles. The molecule has 1 aromatic carbocycles. The van der Waals surface area contributed by atoms with Crippen LogP contribution < -0.4 is 4.72 Å². The average Bonchev–Trinajstić information content (AvgIpc) is 2.84. The number of benzene rings is 1. The highest BCUT2D eigenvalue weighted by Crippen LogP contribution is 2.14. The number of hydrogen-bond acceptors (Lipinski definition) is 3. The Labute approximate surface area is 120 Å². The third-order valence-corrected chi connectivity index (χ3v) is 4.62. The Hall–Kier alpha value is -1.18. The van der Waals surface area contributed by atoms with Gasteiger partial charge in [-0.05, 0) is 37.3 Å². The van der Waals surface area contributed by atoms with Crippen molar-refractivity contribution in [1.82, 2.24) is 14.5 Å². The molecule has 0 amide bonds. The van der Waals surface area contributed by atoms with Crippen molar-refractivity contribution in [2.75, 3.05) is 0 Å². The van der Waals surface area contributed by atoms with Crippen molar-refractivity contribution >= 4 is 26.0 Å². The zero-order valence-corrected chi connectivity index (χ0v) is 12.8. The summed E-state index contributed by atoms with van der Waals surface area (Å²) in [5.74, 6) is 0. The molecule has 2 aromatic rings. The Morgan fingerprint density at radius 2 is 1.95 bits per heavy atom. The van der Waals surface area contributed by atoms with Crippen molar-refractivity contribution in [2.24, 2.45) is 0 Å². The Morgan fingerprint density at radius 1 is 1.26 bits per heavy atom. The predicted octanol–water partition coefficient (Wildman–Crippen LogP) is 2.14. The van der Waals surface area contributed by atoms with Gasteiger partial charge in [0.15, 0.2) is 0 Å². The van der Waals surface area contributed by atoms with E-state index >= 15 is 0 Å². The molecule has 5 nitrogen and oxygen atoms in total. The first-order chi connectivity index (χ1) is 9.03. The molecule has 0 fully saturated rings. The first-order valence-electron chi connectivity index (χ1n) is 5.79. The maximum atomic E-state index is 12.1. The molecule has 1 aromatic heterocycles. The van der Waals surface area contributed by atoms with E-state index in [9.17, 15) is 8.42 Å². The van der Waals surface area contributed by atoms with E-state index in [1.165, 1.54) is 0 Å². The van der Waals surface area contributed by atoms with E-state index in [4.69, 9.17) is 0 Å². The van der Waals surface area contributed by atoms with Gasteiger partial charge in [-0.15, -0.1) is 0 Å². The highest BCUT2D eigenvalue weighted by molar-refractivity contribution is 9.10. The van der Waals surface area contributed by atoms with E-state index in [0.29, 0.717) is 6.54 Å². The molecule has 0 bridgehead atoms. The van der Waals surface area contributed by atoms with Gasteiger partial charge in [-0.3, -0.25) is 4.68 Å². The fourth-order valence-corrected chi connectivity index (χ4v) is 2.92. The lowest BCUT2D eigenvalue weighted by molar-refractivity contribution is 0.570. The Kier molecular flexibility index (Phi) is 4.38. The minimum atomic E-state index is -3.49. The van der Waals surface area contributed by atoms with Gasteiger partial charge in [0.2, 0.25) is 10.0 Å². The number of halogens is 1. The molecule has 0 aliphatic rings. The van der Waals surface area contributed by atoms with Crippen molar-refractivity contribution in [1.29, 1.82) is 0 Å². The van der Waals surface area contributed by atoms with Crippen LogP contribution in [0.3, 0.4) is 0 Å². The van der Waals surface area contributed by atoms with Gasteiger partial charge < -0.3 is 0 Å². The number of rotatable bonds is 5. The Bertz CT molecular complexity index is 650. The molecule has 1 N–H and O–H groups in total. The Balaban J connectivity index is 2.12. The van der Waals surface area contributed by atoms with E-state index in [-0.39, 0.29) is 11.4 Å². The summed E-state index contributed by atoms with van der Waals surface area (Å²) in [6, 6.07) is 8.32. The second kappa shape index (κ2) is 5.85. The Morgan fingerprint density at radius 3 is 2.58 bits per heavy atom. The predicted molar refractivity (Wildman–Crippen MR) is 76.1 cm³/mol. The number of aromatic nitrogens is 2. The third kappa shape index (κ3) is 3.43. The summed E-state index contributed by atoms with van der Waals surface area (Å²) in [6.45, 7) is 2.90. The smallest absolute Gasteiger partial charge is 0.240 e. The summed E-state index contributed by atoms with van der Waals surface area (Å²) >= 11 is 3.27. The van der Waals surface area contributed by atoms with Crippen LogP contribution >= 0.6 is 15.9 Å². The number of nitrogens with zero attached hydrogens (tertiary/aromatic N) is 2. The van der Waals surface area contributed by atoms with Crippen LogP contribution in [-0.2, 0) is 23.1 Å². The van der Waals surface area contributed by atoms with Crippen LogP contribution in [0.1, 0.15) is 12.6 Å². The minimum absolute atomic E-state index is 0.228. The molecule has 102 valence electrons. The molecule has 0 saturated heterocycles. The van der Waals surface area contributed by atoms with Crippen molar-refractivity contribution < 1.29 is 8.42 Å². The lowest BCUT2D eigenvalue weighted by Crippen LogP contribution is -2.24. The fraction of sp³-hybridized carbons (Fsp3) is 0.250. The summed E-state index contributed by atoms with van der Waals surface area (Å²) < 4.78 is 29.3. The summed E-state index contributed by atoms with van der Waals surface area (Å²) in [6.07, 6.45) is 1.66. The SMILES string of the molecule is CCn1nccc1CNS(=O)(=O)c1ccc(Br)cc1. The van der Waals surface area contributed by atoms with Gasteiger partial charge in [0.1, 0.15) is 0 Å². The topological polar surface area (TPSA) is 64.0 Å². The highest BCUT2D eigenvalue weighted by Gasteiger charge is 2.14. The zero-order valence-electron chi connectivity index (χ0n) is 10.4. The van der Waals surface area contributed by atoms with Crippen molar-refractivity contribution in [3.8, 4) is 0 Å². The average molecular weight is 344 g/mol. The number of nitrogens with one attached hydrogen (secondary N) is 1. The lowest BCUT2D eigenvalue weighted by Gasteiger charge is -2.08. The fourth-order valence-electron chi connectivity index (χ4n) is 1.66. The van der Waals surface area contributed by atoms with Crippen LogP contribution in [0.25, 0.3) is 0 Å². The molecule has 0 atom stereocenters. The zero-order chi connectivity index (χ0) is 13.9. The minimum Gasteiger partial charge on any atom is -0.269 e. The van der Waals surface area contributed by atoms with Crippen molar-refractivity contribution in [2.45, 2.75) is 24.9 Å². The van der Waals surface area contributed by atoms with Gasteiger partial charge in [0.05, 0.1) is 17.1 Å². The van der Waals surface area contributed by atoms with E-state index in [1.807, 2.05) is 6.92 Å². The van der Waals surface area contributed by atoms with Gasteiger partial charge in [-0.25, -0.2) is 13.1 Å². The van der Waals surface area contributed by atoms with Crippen LogP contribution in [0.5, 0.6) is 0 Å². The number of aryl methyl sites for hydroxylation is 1. The molecule has 1 heterocycles. The summed E-state index contributed by atoms with van der Waals surface area (Å²) in [7, 11) is -3.49. The first-order valence-corrected chi connectivity index (χ1v) is 8.06. The molecule has 0 radical (unpaired) electrons. The monoisotopic (exact) mass is 343 g/mol. The van der Waals surface area contributed by atoms with Crippen LogP contribution in [-0.4, -0.2) is 18.2 Å². The van der Waals surface area contributed by atoms with Gasteiger partial charge in [0, 0.05) is 17.2 Å². The van der Waals surface area contributed by atoms with Crippen LogP contribution in [0, 0.1) is 0 Å². The molecular formula is C12H14BrN3O2S. The number of hydrogen-bond donors (Lipinski definition) is 1. The molecule has 0 saturated carbocycles. The second-order valence-electron chi connectivity index (χ2n) is 3.92. The van der Waals surface area contributed by atoms with E-state index in [2.05, 4.69) is 25.8 Å². The van der Waals surface area contributed by atoms with Gasteiger partial charge >= 0.3 is 0 Å². The molecule has 0 spiro atoms. The third-order valence-electron chi connectivity index (χ3n) is 2.67. The van der Waals surface area contributed by atoms with Gasteiger partial charge in [-0.1, -0.05) is 15.9 Å². The van der Waals surface area contributed by atoms with E-state index in [0.717, 1.165) is 10.2 Å². The van der Waals surface area contributed by atoms with E-state index < -0.39 is 10.0 Å². The van der Waals surface area contributed by atoms with Crippen LogP contribution in [0.15, 0.2) is 45.9 Å². The molecular weight excluding hydrogens is 330 g/mol. The van der Waals surface area contributed by atoms with Gasteiger partial charge in [0.25, 0.3) is 0 Å². The molecule has 7 heteroatoms. The quantitative estimate of drug-likeness (QED) is 0.904. The van der Waals surface area contributed by atoms with E-state index in [1.54, 1.807) is 41.2 Å². The molecule has 2 rings (SSSR count). The molecule has 0 aliphatic heterocycles. The molecule has 19 heavy (non-hydrogen) atoms. The largest absolute Gasteiger partial charge is 0.269 e. The summed E-state index contributed by atoms with van der Waals surface area (Å²) in [5.41, 5.74) is 0.836. The maximum absolute atomic E-state index is 12.1. The van der Waals surface area contributed by atoms with Crippen molar-refractivity contribution in [3.05, 3.63) is 46.7 Å². The summed E-state index contributed by atoms with van der Waals surface area (Å²) in [5, 5.41) is 4.10. The number of sulfonamides is 1. The second-order valence-corrected chi connectivity index (χ2v) is 6.60. The van der Waals surface area contributed by atoms with Crippen molar-refractivity contribution in [3.63, 3.8) is 0 Å². The lowest BCUT2D eigenvalue weighted by atomic mass is 10.4. The first kappa shape index (κ1) is 14.2. The normalized spacial score (nSPS) is 11.7. The standard InChI is InChI=1S/C12H14BrN3O2S/c1-2-16-11(7-8-14-16)9-15-19(17,18)12-5-3-10(13)4-6-12/h3-8,15H,2,9H2,1H3. The highest BCUT2D eigenvalue weighted by atomic mass is 79.9. The van der Waals surface area contributed by atoms with Crippen LogP contribution in [0.2, 0.25) is 0 Å². The van der Waals surface area contributed by atoms with Gasteiger partial charge in [-0.2, -0.15) is 5.10 Å². The molecule has 0 unspecified atom stereocenters.